The van der Waals surface area contributed by atoms with Crippen LogP contribution in [0.5, 0.6) is 11.5 Å². The first kappa shape index (κ1) is 20.8. The van der Waals surface area contributed by atoms with Crippen molar-refractivity contribution in [3.63, 3.8) is 0 Å². The van der Waals surface area contributed by atoms with Crippen LogP contribution >= 0.6 is 0 Å². The van der Waals surface area contributed by atoms with Gasteiger partial charge in [-0.25, -0.2) is 0 Å². The van der Waals surface area contributed by atoms with Crippen molar-refractivity contribution in [3.8, 4) is 11.5 Å². The van der Waals surface area contributed by atoms with Crippen molar-refractivity contribution in [1.82, 2.24) is 5.32 Å². The molecule has 1 atom stereocenters. The van der Waals surface area contributed by atoms with Gasteiger partial charge >= 0.3 is 0 Å². The Hall–Kier alpha value is -2.49. The van der Waals surface area contributed by atoms with Gasteiger partial charge in [-0.15, -0.1) is 0 Å². The van der Waals surface area contributed by atoms with E-state index in [0.29, 0.717) is 13.2 Å². The predicted molar refractivity (Wildman–Crippen MR) is 110 cm³/mol. The van der Waals surface area contributed by atoms with Gasteiger partial charge in [0.25, 0.3) is 5.91 Å². The number of benzene rings is 2. The lowest BCUT2D eigenvalue weighted by molar-refractivity contribution is -0.127. The van der Waals surface area contributed by atoms with Crippen LogP contribution in [0.4, 0.5) is 0 Å². The standard InChI is InChI=1S/C23H31NO3/c1-16-10-9-13-20(17(16)2)27-18(3)22(25)24-14-15-26-21-12-8-7-11-19(21)23(4,5)6/h7-13,18H,14-15H2,1-6H3,(H,24,25). The van der Waals surface area contributed by atoms with Crippen LogP contribution in [-0.4, -0.2) is 25.2 Å². The minimum absolute atomic E-state index is 0.00781. The monoisotopic (exact) mass is 369 g/mol. The van der Waals surface area contributed by atoms with E-state index < -0.39 is 6.10 Å². The molecule has 2 aromatic rings. The number of rotatable bonds is 7. The zero-order valence-electron chi connectivity index (χ0n) is 17.3. The van der Waals surface area contributed by atoms with Gasteiger partial charge in [-0.3, -0.25) is 4.79 Å². The quantitative estimate of drug-likeness (QED) is 0.728. The molecule has 2 rings (SSSR count). The normalized spacial score (nSPS) is 12.4. The molecule has 4 nitrogen and oxygen atoms in total. The fourth-order valence-electron chi connectivity index (χ4n) is 2.79. The average molecular weight is 370 g/mol. The molecular weight excluding hydrogens is 338 g/mol. The first-order valence-electron chi connectivity index (χ1n) is 9.43. The Kier molecular flexibility index (Phi) is 6.89. The van der Waals surface area contributed by atoms with E-state index in [-0.39, 0.29) is 11.3 Å². The number of ether oxygens (including phenoxy) is 2. The largest absolute Gasteiger partial charge is 0.491 e. The Morgan fingerprint density at radius 2 is 1.70 bits per heavy atom. The van der Waals surface area contributed by atoms with Crippen molar-refractivity contribution in [2.45, 2.75) is 53.1 Å². The molecule has 0 aliphatic carbocycles. The molecule has 0 aliphatic rings. The molecule has 4 heteroatoms. The lowest BCUT2D eigenvalue weighted by Crippen LogP contribution is -2.38. The molecule has 27 heavy (non-hydrogen) atoms. The van der Waals surface area contributed by atoms with Crippen molar-refractivity contribution in [1.29, 1.82) is 0 Å². The number of hydrogen-bond acceptors (Lipinski definition) is 3. The maximum atomic E-state index is 12.3. The molecule has 0 bridgehead atoms. The Morgan fingerprint density at radius 1 is 1.04 bits per heavy atom. The Morgan fingerprint density at radius 3 is 2.41 bits per heavy atom. The molecule has 1 N–H and O–H groups in total. The highest BCUT2D eigenvalue weighted by Crippen LogP contribution is 2.30. The van der Waals surface area contributed by atoms with Gasteiger partial charge in [-0.1, -0.05) is 51.1 Å². The van der Waals surface area contributed by atoms with Crippen molar-refractivity contribution in [2.75, 3.05) is 13.2 Å². The zero-order chi connectivity index (χ0) is 20.0. The zero-order valence-corrected chi connectivity index (χ0v) is 17.3. The van der Waals surface area contributed by atoms with E-state index in [9.17, 15) is 4.79 Å². The minimum atomic E-state index is -0.563. The van der Waals surface area contributed by atoms with Gasteiger partial charge in [0.05, 0.1) is 6.54 Å². The van der Waals surface area contributed by atoms with Crippen LogP contribution in [0.15, 0.2) is 42.5 Å². The molecule has 0 spiro atoms. The van der Waals surface area contributed by atoms with Crippen LogP contribution in [0, 0.1) is 13.8 Å². The van der Waals surface area contributed by atoms with Crippen LogP contribution < -0.4 is 14.8 Å². The minimum Gasteiger partial charge on any atom is -0.491 e. The third-order valence-corrected chi connectivity index (χ3v) is 4.58. The van der Waals surface area contributed by atoms with Crippen LogP contribution in [-0.2, 0) is 10.2 Å². The van der Waals surface area contributed by atoms with Crippen molar-refractivity contribution in [2.24, 2.45) is 0 Å². The van der Waals surface area contributed by atoms with Gasteiger partial charge in [0.2, 0.25) is 0 Å². The van der Waals surface area contributed by atoms with Gasteiger partial charge in [0.1, 0.15) is 18.1 Å². The highest BCUT2D eigenvalue weighted by Gasteiger charge is 2.19. The van der Waals surface area contributed by atoms with E-state index in [2.05, 4.69) is 32.2 Å². The second kappa shape index (κ2) is 8.94. The number of hydrogen-bond donors (Lipinski definition) is 1. The molecule has 1 unspecified atom stereocenters. The smallest absolute Gasteiger partial charge is 0.260 e. The Bertz CT molecular complexity index is 777. The number of carbonyl (C=O) groups is 1. The van der Waals surface area contributed by atoms with Gasteiger partial charge in [0.15, 0.2) is 6.10 Å². The second-order valence-corrected chi connectivity index (χ2v) is 7.84. The summed E-state index contributed by atoms with van der Waals surface area (Å²) < 4.78 is 11.7. The number of carbonyl (C=O) groups excluding carboxylic acids is 1. The first-order chi connectivity index (χ1) is 12.7. The summed E-state index contributed by atoms with van der Waals surface area (Å²) >= 11 is 0. The van der Waals surface area contributed by atoms with Crippen LogP contribution in [0.3, 0.4) is 0 Å². The summed E-state index contributed by atoms with van der Waals surface area (Å²) in [4.78, 5) is 12.3. The van der Waals surface area contributed by atoms with Gasteiger partial charge in [-0.05, 0) is 55.0 Å². The third kappa shape index (κ3) is 5.75. The molecule has 1 amide bonds. The highest BCUT2D eigenvalue weighted by molar-refractivity contribution is 5.80. The summed E-state index contributed by atoms with van der Waals surface area (Å²) in [5.74, 6) is 1.45. The van der Waals surface area contributed by atoms with Gasteiger partial charge in [0, 0.05) is 0 Å². The maximum Gasteiger partial charge on any atom is 0.260 e. The molecule has 0 aliphatic heterocycles. The Balaban J connectivity index is 1.84. The van der Waals surface area contributed by atoms with Crippen LogP contribution in [0.2, 0.25) is 0 Å². The third-order valence-electron chi connectivity index (χ3n) is 4.58. The molecule has 146 valence electrons. The number of amides is 1. The van der Waals surface area contributed by atoms with E-state index in [0.717, 1.165) is 28.2 Å². The van der Waals surface area contributed by atoms with E-state index in [1.54, 1.807) is 6.92 Å². The topological polar surface area (TPSA) is 47.6 Å². The fourth-order valence-corrected chi connectivity index (χ4v) is 2.79. The average Bonchev–Trinajstić information content (AvgIpc) is 2.62. The Labute approximate surface area is 162 Å². The number of para-hydroxylation sites is 1. The number of nitrogens with one attached hydrogen (secondary N) is 1. The van der Waals surface area contributed by atoms with Crippen LogP contribution in [0.1, 0.15) is 44.4 Å². The fraction of sp³-hybridized carbons (Fsp3) is 0.435. The van der Waals surface area contributed by atoms with E-state index >= 15 is 0 Å². The van der Waals surface area contributed by atoms with E-state index in [1.165, 1.54) is 0 Å². The van der Waals surface area contributed by atoms with E-state index in [1.807, 2.05) is 50.2 Å². The molecular formula is C23H31NO3. The summed E-state index contributed by atoms with van der Waals surface area (Å²) in [6.45, 7) is 13.1. The summed E-state index contributed by atoms with van der Waals surface area (Å²) in [6, 6.07) is 13.9. The molecule has 0 saturated carbocycles. The summed E-state index contributed by atoms with van der Waals surface area (Å²) in [5, 5.41) is 2.88. The summed E-state index contributed by atoms with van der Waals surface area (Å²) in [6.07, 6.45) is -0.563. The first-order valence-corrected chi connectivity index (χ1v) is 9.43. The second-order valence-electron chi connectivity index (χ2n) is 7.84. The molecule has 0 heterocycles. The molecule has 0 fully saturated rings. The molecule has 0 radical (unpaired) electrons. The molecule has 0 aromatic heterocycles. The van der Waals surface area contributed by atoms with Crippen LogP contribution in [0.25, 0.3) is 0 Å². The van der Waals surface area contributed by atoms with E-state index in [4.69, 9.17) is 9.47 Å². The number of aryl methyl sites for hydroxylation is 1. The predicted octanol–water partition coefficient (Wildman–Crippen LogP) is 4.56. The summed E-state index contributed by atoms with van der Waals surface area (Å²) in [5.41, 5.74) is 3.36. The lowest BCUT2D eigenvalue weighted by Gasteiger charge is -2.23. The van der Waals surface area contributed by atoms with Gasteiger partial charge < -0.3 is 14.8 Å². The summed E-state index contributed by atoms with van der Waals surface area (Å²) in [7, 11) is 0. The van der Waals surface area contributed by atoms with Crippen molar-refractivity contribution in [3.05, 3.63) is 59.2 Å². The molecule has 2 aromatic carbocycles. The van der Waals surface area contributed by atoms with Crippen molar-refractivity contribution >= 4 is 5.91 Å². The SMILES string of the molecule is Cc1cccc(OC(C)C(=O)NCCOc2ccccc2C(C)(C)C)c1C. The highest BCUT2D eigenvalue weighted by atomic mass is 16.5. The molecule has 0 saturated heterocycles. The maximum absolute atomic E-state index is 12.3. The lowest BCUT2D eigenvalue weighted by atomic mass is 9.86. The van der Waals surface area contributed by atoms with Gasteiger partial charge in [-0.2, -0.15) is 0 Å². The van der Waals surface area contributed by atoms with Crippen molar-refractivity contribution < 1.29 is 14.3 Å².